The van der Waals surface area contributed by atoms with Crippen LogP contribution >= 0.6 is 0 Å². The molecule has 0 spiro atoms. The number of carbonyl (C=O) groups is 1. The number of hydrogen-bond donors (Lipinski definition) is 1. The zero-order chi connectivity index (χ0) is 11.4. The van der Waals surface area contributed by atoms with E-state index in [1.807, 2.05) is 0 Å². The predicted molar refractivity (Wildman–Crippen MR) is 58.9 cm³/mol. The fraction of sp³-hybridized carbons (Fsp3) is 0.727. The van der Waals surface area contributed by atoms with Crippen LogP contribution in [0.5, 0.6) is 0 Å². The van der Waals surface area contributed by atoms with Crippen LogP contribution in [-0.4, -0.2) is 31.2 Å². The summed E-state index contributed by atoms with van der Waals surface area (Å²) in [5.74, 6) is 0.146. The maximum atomic E-state index is 11.7. The fourth-order valence-corrected chi connectivity index (χ4v) is 1.93. The molecular weight excluding hydrogens is 192 g/mol. The van der Waals surface area contributed by atoms with E-state index in [4.69, 9.17) is 10.6 Å². The molecule has 0 aromatic rings. The molecule has 86 valence electrons. The van der Waals surface area contributed by atoms with Crippen LogP contribution < -0.4 is 5.73 Å². The van der Waals surface area contributed by atoms with E-state index >= 15 is 0 Å². The maximum Gasteiger partial charge on any atom is 0.272 e. The van der Waals surface area contributed by atoms with Gasteiger partial charge in [-0.25, -0.2) is 5.06 Å². The number of amides is 1. The van der Waals surface area contributed by atoms with Crippen molar-refractivity contribution in [3.63, 3.8) is 0 Å². The average molecular weight is 212 g/mol. The van der Waals surface area contributed by atoms with Gasteiger partial charge in [-0.1, -0.05) is 6.58 Å². The van der Waals surface area contributed by atoms with Crippen molar-refractivity contribution in [3.8, 4) is 0 Å². The van der Waals surface area contributed by atoms with Crippen LogP contribution in [-0.2, 0) is 9.63 Å². The third kappa shape index (κ3) is 3.04. The molecule has 15 heavy (non-hydrogen) atoms. The highest BCUT2D eigenvalue weighted by Gasteiger charge is 2.25. The Balaban J connectivity index is 2.50. The second-order valence-corrected chi connectivity index (χ2v) is 4.12. The van der Waals surface area contributed by atoms with Gasteiger partial charge < -0.3 is 5.73 Å². The van der Waals surface area contributed by atoms with Crippen LogP contribution in [0.1, 0.15) is 25.7 Å². The summed E-state index contributed by atoms with van der Waals surface area (Å²) >= 11 is 0. The van der Waals surface area contributed by atoms with Gasteiger partial charge in [-0.15, -0.1) is 0 Å². The zero-order valence-electron chi connectivity index (χ0n) is 9.53. The summed E-state index contributed by atoms with van der Waals surface area (Å²) in [6.45, 7) is 3.86. The number of nitrogens with zero attached hydrogens (tertiary/aromatic N) is 1. The number of likely N-dealkylation sites (N-methyl/N-ethyl adjacent to an activating group) is 1. The molecule has 0 saturated heterocycles. The summed E-state index contributed by atoms with van der Waals surface area (Å²) in [6, 6.07) is 0.296. The first-order valence-corrected chi connectivity index (χ1v) is 5.32. The van der Waals surface area contributed by atoms with E-state index in [-0.39, 0.29) is 11.8 Å². The summed E-state index contributed by atoms with van der Waals surface area (Å²) in [7, 11) is 3.07. The van der Waals surface area contributed by atoms with Crippen molar-refractivity contribution in [1.82, 2.24) is 5.06 Å². The van der Waals surface area contributed by atoms with E-state index in [0.29, 0.717) is 11.6 Å². The summed E-state index contributed by atoms with van der Waals surface area (Å²) < 4.78 is 0. The van der Waals surface area contributed by atoms with Gasteiger partial charge in [0.2, 0.25) is 0 Å². The Morgan fingerprint density at radius 2 is 1.93 bits per heavy atom. The first-order valence-electron chi connectivity index (χ1n) is 5.32. The Bertz CT molecular complexity index is 245. The highest BCUT2D eigenvalue weighted by atomic mass is 16.7. The average Bonchev–Trinajstić information content (AvgIpc) is 2.27. The van der Waals surface area contributed by atoms with Crippen LogP contribution in [0.4, 0.5) is 0 Å². The van der Waals surface area contributed by atoms with Crippen molar-refractivity contribution in [3.05, 3.63) is 12.2 Å². The zero-order valence-corrected chi connectivity index (χ0v) is 9.53. The second-order valence-electron chi connectivity index (χ2n) is 4.12. The molecule has 1 aliphatic carbocycles. The van der Waals surface area contributed by atoms with Crippen molar-refractivity contribution >= 4 is 5.91 Å². The minimum Gasteiger partial charge on any atom is -0.328 e. The van der Waals surface area contributed by atoms with Gasteiger partial charge in [-0.3, -0.25) is 9.63 Å². The van der Waals surface area contributed by atoms with Crippen LogP contribution in [0.25, 0.3) is 0 Å². The van der Waals surface area contributed by atoms with Gasteiger partial charge in [0.05, 0.1) is 7.11 Å². The van der Waals surface area contributed by atoms with Crippen molar-refractivity contribution in [2.45, 2.75) is 31.7 Å². The predicted octanol–water partition coefficient (Wildman–Crippen LogP) is 1.08. The van der Waals surface area contributed by atoms with Crippen molar-refractivity contribution in [2.75, 3.05) is 14.2 Å². The maximum absolute atomic E-state index is 11.7. The first kappa shape index (κ1) is 12.2. The molecule has 2 N–H and O–H groups in total. The normalized spacial score (nSPS) is 26.1. The van der Waals surface area contributed by atoms with E-state index in [2.05, 4.69) is 6.58 Å². The molecule has 4 heteroatoms. The van der Waals surface area contributed by atoms with Gasteiger partial charge in [0, 0.05) is 18.7 Å². The minimum absolute atomic E-state index is 0.127. The number of hydroxylamine groups is 2. The van der Waals surface area contributed by atoms with Crippen LogP contribution in [0, 0.1) is 5.92 Å². The molecule has 1 amide bonds. The summed E-state index contributed by atoms with van der Waals surface area (Å²) in [5, 5.41) is 1.22. The molecule has 0 aromatic heterocycles. The fourth-order valence-electron chi connectivity index (χ4n) is 1.93. The Kier molecular flexibility index (Phi) is 4.29. The van der Waals surface area contributed by atoms with Crippen molar-refractivity contribution < 1.29 is 9.63 Å². The lowest BCUT2D eigenvalue weighted by molar-refractivity contribution is -0.164. The Hall–Kier alpha value is -0.870. The highest BCUT2D eigenvalue weighted by molar-refractivity contribution is 5.92. The Labute approximate surface area is 91.0 Å². The van der Waals surface area contributed by atoms with E-state index in [1.165, 1.54) is 12.2 Å². The lowest BCUT2D eigenvalue weighted by Gasteiger charge is -2.28. The number of carbonyl (C=O) groups excluding carboxylic acids is 1. The topological polar surface area (TPSA) is 55.6 Å². The molecule has 0 radical (unpaired) electrons. The quantitative estimate of drug-likeness (QED) is 0.562. The van der Waals surface area contributed by atoms with Gasteiger partial charge in [0.25, 0.3) is 5.91 Å². The standard InChI is InChI=1S/C11H20N2O2/c1-8(11(14)13(2)15-3)9-4-6-10(12)7-5-9/h9-10H,1,4-7,12H2,2-3H3. The molecule has 1 fully saturated rings. The molecule has 0 heterocycles. The van der Waals surface area contributed by atoms with Gasteiger partial charge in [-0.2, -0.15) is 0 Å². The molecule has 0 bridgehead atoms. The van der Waals surface area contributed by atoms with Crippen molar-refractivity contribution in [2.24, 2.45) is 11.7 Å². The van der Waals surface area contributed by atoms with Gasteiger partial charge in [0.1, 0.15) is 0 Å². The SMILES string of the molecule is C=C(C(=O)N(C)OC)C1CCC(N)CC1. The number of nitrogens with two attached hydrogens (primary N) is 1. The number of hydrogen-bond acceptors (Lipinski definition) is 3. The first-order chi connectivity index (χ1) is 7.06. The monoisotopic (exact) mass is 212 g/mol. The smallest absolute Gasteiger partial charge is 0.272 e. The Morgan fingerprint density at radius 1 is 1.40 bits per heavy atom. The molecule has 1 rings (SSSR count). The molecule has 0 atom stereocenters. The third-order valence-corrected chi connectivity index (χ3v) is 3.10. The van der Waals surface area contributed by atoms with Crippen LogP contribution in [0.15, 0.2) is 12.2 Å². The molecule has 1 aliphatic rings. The molecule has 0 aliphatic heterocycles. The van der Waals surface area contributed by atoms with Crippen LogP contribution in [0.3, 0.4) is 0 Å². The molecule has 0 aromatic carbocycles. The summed E-state index contributed by atoms with van der Waals surface area (Å²) in [4.78, 5) is 16.6. The van der Waals surface area contributed by atoms with Crippen molar-refractivity contribution in [1.29, 1.82) is 0 Å². The molecular formula is C11H20N2O2. The lowest BCUT2D eigenvalue weighted by atomic mass is 9.82. The van der Waals surface area contributed by atoms with Gasteiger partial charge in [-0.05, 0) is 31.6 Å². The Morgan fingerprint density at radius 3 is 2.40 bits per heavy atom. The third-order valence-electron chi connectivity index (χ3n) is 3.10. The van der Waals surface area contributed by atoms with E-state index in [1.54, 1.807) is 7.05 Å². The number of rotatable bonds is 3. The van der Waals surface area contributed by atoms with E-state index in [9.17, 15) is 4.79 Å². The van der Waals surface area contributed by atoms with E-state index < -0.39 is 0 Å². The van der Waals surface area contributed by atoms with Gasteiger partial charge >= 0.3 is 0 Å². The minimum atomic E-state index is -0.127. The van der Waals surface area contributed by atoms with Gasteiger partial charge in [0.15, 0.2) is 0 Å². The highest BCUT2D eigenvalue weighted by Crippen LogP contribution is 2.29. The molecule has 1 saturated carbocycles. The summed E-state index contributed by atoms with van der Waals surface area (Å²) in [6.07, 6.45) is 3.88. The lowest BCUT2D eigenvalue weighted by Crippen LogP contribution is -2.33. The largest absolute Gasteiger partial charge is 0.328 e. The summed E-state index contributed by atoms with van der Waals surface area (Å²) in [5.41, 5.74) is 6.45. The molecule has 4 nitrogen and oxygen atoms in total. The second kappa shape index (κ2) is 5.28. The van der Waals surface area contributed by atoms with E-state index in [0.717, 1.165) is 25.7 Å². The molecule has 0 unspecified atom stereocenters. The van der Waals surface area contributed by atoms with Crippen LogP contribution in [0.2, 0.25) is 0 Å².